The van der Waals surface area contributed by atoms with Gasteiger partial charge in [-0.2, -0.15) is 4.98 Å². The van der Waals surface area contributed by atoms with Gasteiger partial charge in [-0.05, 0) is 44.4 Å². The van der Waals surface area contributed by atoms with Crippen molar-refractivity contribution in [2.75, 3.05) is 36.3 Å². The highest BCUT2D eigenvalue weighted by Crippen LogP contribution is 2.31. The molecule has 3 heterocycles. The first-order chi connectivity index (χ1) is 17.2. The first-order valence-corrected chi connectivity index (χ1v) is 11.5. The monoisotopic (exact) mass is 497 g/mol. The number of hydrogen-bond acceptors (Lipinski definition) is 9. The molecule has 2 amide bonds. The number of carbonyl (C=O) groups excluding carboxylic acids is 4. The van der Waals surface area contributed by atoms with Gasteiger partial charge in [-0.1, -0.05) is 0 Å². The molecule has 0 aliphatic carbocycles. The number of piperidine rings is 1. The van der Waals surface area contributed by atoms with E-state index >= 15 is 0 Å². The first kappa shape index (κ1) is 24.9. The summed E-state index contributed by atoms with van der Waals surface area (Å²) in [6.07, 6.45) is 2.72. The number of rotatable bonds is 5. The van der Waals surface area contributed by atoms with Crippen molar-refractivity contribution >= 4 is 41.2 Å². The highest BCUT2D eigenvalue weighted by atomic mass is 16.5. The van der Waals surface area contributed by atoms with Crippen molar-refractivity contribution in [3.63, 3.8) is 0 Å². The molecule has 12 nitrogen and oxygen atoms in total. The van der Waals surface area contributed by atoms with Crippen LogP contribution in [0.5, 0.6) is 0 Å². The van der Waals surface area contributed by atoms with E-state index in [1.54, 1.807) is 0 Å². The molecule has 1 saturated heterocycles. The quantitative estimate of drug-likeness (QED) is 0.523. The Kier molecular flexibility index (Phi) is 7.04. The van der Waals surface area contributed by atoms with Crippen LogP contribution in [-0.4, -0.2) is 60.5 Å². The smallest absolute Gasteiger partial charge is 0.337 e. The van der Waals surface area contributed by atoms with E-state index in [0.29, 0.717) is 5.95 Å². The molecule has 0 radical (unpaired) electrons. The maximum absolute atomic E-state index is 13.3. The minimum Gasteiger partial charge on any atom is -0.465 e. The number of esters is 2. The highest BCUT2D eigenvalue weighted by Gasteiger charge is 2.36. The number of H-pyrrole nitrogens is 1. The molecule has 2 atom stereocenters. The fourth-order valence-corrected chi connectivity index (χ4v) is 4.53. The first-order valence-electron chi connectivity index (χ1n) is 11.5. The van der Waals surface area contributed by atoms with Gasteiger partial charge in [0, 0.05) is 24.7 Å². The van der Waals surface area contributed by atoms with Crippen molar-refractivity contribution in [2.45, 2.75) is 44.6 Å². The van der Waals surface area contributed by atoms with E-state index in [1.807, 2.05) is 11.8 Å². The summed E-state index contributed by atoms with van der Waals surface area (Å²) < 4.78 is 9.42. The summed E-state index contributed by atoms with van der Waals surface area (Å²) in [7, 11) is 2.36. The second-order valence-electron chi connectivity index (χ2n) is 8.77. The van der Waals surface area contributed by atoms with Gasteiger partial charge in [0.2, 0.25) is 17.8 Å². The number of hydrogen-bond donors (Lipinski definition) is 3. The lowest BCUT2D eigenvalue weighted by Gasteiger charge is -2.34. The molecule has 36 heavy (non-hydrogen) atoms. The van der Waals surface area contributed by atoms with Crippen LogP contribution >= 0.6 is 0 Å². The minimum atomic E-state index is -1.14. The fraction of sp³-hybridized carbons (Fsp3) is 0.417. The van der Waals surface area contributed by atoms with Crippen molar-refractivity contribution in [2.24, 2.45) is 0 Å². The number of nitrogens with zero attached hydrogens (tertiary/aromatic N) is 2. The van der Waals surface area contributed by atoms with E-state index in [2.05, 4.69) is 20.6 Å². The zero-order valence-electron chi connectivity index (χ0n) is 20.2. The highest BCUT2D eigenvalue weighted by molar-refractivity contribution is 6.05. The molecule has 12 heteroatoms. The third kappa shape index (κ3) is 4.92. The summed E-state index contributed by atoms with van der Waals surface area (Å²) in [6, 6.07) is 4.09. The molecule has 1 fully saturated rings. The standard InChI is InChI=1S/C24H27N5O7/c1-12-6-4-5-7-29(12)24-27-19-18(21(32)28-24)16(11-17(30)26-19)20(31)25-15-9-13(22(33)35-2)8-14(10-15)23(34)36-3/h8-10,12,16H,4-7,11H2,1-3H3,(H,25,31)(H2,26,27,28,30,32)/t12-,16-/m0/s1. The van der Waals surface area contributed by atoms with Crippen molar-refractivity contribution in [1.29, 1.82) is 0 Å². The number of methoxy groups -OCH3 is 2. The molecule has 0 unspecified atom stereocenters. The Balaban J connectivity index is 1.67. The largest absolute Gasteiger partial charge is 0.465 e. The number of fused-ring (bicyclic) bond motifs is 1. The van der Waals surface area contributed by atoms with Crippen LogP contribution in [0.3, 0.4) is 0 Å². The van der Waals surface area contributed by atoms with Gasteiger partial charge in [-0.25, -0.2) is 9.59 Å². The molecular formula is C24H27N5O7. The molecule has 0 bridgehead atoms. The third-order valence-corrected chi connectivity index (χ3v) is 6.37. The van der Waals surface area contributed by atoms with Crippen LogP contribution in [0.2, 0.25) is 0 Å². The molecule has 3 N–H and O–H groups in total. The van der Waals surface area contributed by atoms with Gasteiger partial charge in [-0.15, -0.1) is 0 Å². The van der Waals surface area contributed by atoms with Crippen LogP contribution in [0, 0.1) is 0 Å². The average Bonchev–Trinajstić information content (AvgIpc) is 2.86. The molecule has 4 rings (SSSR count). The van der Waals surface area contributed by atoms with Gasteiger partial charge < -0.3 is 25.0 Å². The van der Waals surface area contributed by atoms with Crippen LogP contribution in [-0.2, 0) is 19.1 Å². The summed E-state index contributed by atoms with van der Waals surface area (Å²) in [5.74, 6) is -3.33. The van der Waals surface area contributed by atoms with Crippen molar-refractivity contribution in [3.8, 4) is 0 Å². The van der Waals surface area contributed by atoms with Gasteiger partial charge in [0.15, 0.2) is 0 Å². The third-order valence-electron chi connectivity index (χ3n) is 6.37. The Morgan fingerprint density at radius 3 is 2.33 bits per heavy atom. The van der Waals surface area contributed by atoms with Gasteiger partial charge in [0.05, 0.1) is 36.8 Å². The number of anilines is 3. The molecule has 0 spiro atoms. The molecule has 2 aromatic rings. The van der Waals surface area contributed by atoms with Gasteiger partial charge in [0.1, 0.15) is 5.82 Å². The van der Waals surface area contributed by atoms with Crippen LogP contribution in [0.4, 0.5) is 17.5 Å². The number of carbonyl (C=O) groups is 4. The fourth-order valence-electron chi connectivity index (χ4n) is 4.53. The maximum Gasteiger partial charge on any atom is 0.337 e. The SMILES string of the molecule is COC(=O)c1cc(NC(=O)[C@H]2CC(=O)Nc3nc(N4CCCC[C@@H]4C)[nH]c(=O)c32)cc(C(=O)OC)c1. The number of amides is 2. The Morgan fingerprint density at radius 2 is 1.72 bits per heavy atom. The van der Waals surface area contributed by atoms with Crippen molar-refractivity contribution in [3.05, 3.63) is 45.2 Å². The zero-order valence-corrected chi connectivity index (χ0v) is 20.2. The lowest BCUT2D eigenvalue weighted by atomic mass is 9.92. The van der Waals surface area contributed by atoms with Gasteiger partial charge in [0.25, 0.3) is 5.56 Å². The number of aromatic amines is 1. The van der Waals surface area contributed by atoms with Crippen LogP contribution in [0.1, 0.15) is 64.8 Å². The molecule has 2 aliphatic rings. The van der Waals surface area contributed by atoms with Crippen LogP contribution in [0.25, 0.3) is 0 Å². The summed E-state index contributed by atoms with van der Waals surface area (Å²) in [5.41, 5.74) is -0.363. The van der Waals surface area contributed by atoms with Crippen LogP contribution in [0.15, 0.2) is 23.0 Å². The minimum absolute atomic E-state index is 0.0114. The Hall–Kier alpha value is -4.22. The average molecular weight is 498 g/mol. The second kappa shape index (κ2) is 10.2. The van der Waals surface area contributed by atoms with E-state index in [1.165, 1.54) is 32.4 Å². The van der Waals surface area contributed by atoms with Crippen molar-refractivity contribution in [1.82, 2.24) is 9.97 Å². The lowest BCUT2D eigenvalue weighted by molar-refractivity contribution is -0.123. The molecule has 1 aromatic carbocycles. The van der Waals surface area contributed by atoms with Crippen LogP contribution < -0.4 is 21.1 Å². The van der Waals surface area contributed by atoms with Gasteiger partial charge >= 0.3 is 11.9 Å². The molecule has 2 aliphatic heterocycles. The van der Waals surface area contributed by atoms with E-state index in [9.17, 15) is 24.0 Å². The number of nitrogens with one attached hydrogen (secondary N) is 3. The van der Waals surface area contributed by atoms with Gasteiger partial charge in [-0.3, -0.25) is 19.4 Å². The van der Waals surface area contributed by atoms with E-state index in [4.69, 9.17) is 9.47 Å². The zero-order chi connectivity index (χ0) is 26.0. The predicted octanol–water partition coefficient (Wildman–Crippen LogP) is 1.79. The summed E-state index contributed by atoms with van der Waals surface area (Å²) in [4.78, 5) is 72.1. The lowest BCUT2D eigenvalue weighted by Crippen LogP contribution is -2.42. The van der Waals surface area contributed by atoms with Crippen molar-refractivity contribution < 1.29 is 28.7 Å². The molecule has 0 saturated carbocycles. The number of ether oxygens (including phenoxy) is 2. The van der Waals surface area contributed by atoms with E-state index < -0.39 is 35.2 Å². The summed E-state index contributed by atoms with van der Waals surface area (Å²) in [5, 5.41) is 5.21. The Labute approximate surface area is 206 Å². The topological polar surface area (TPSA) is 160 Å². The molecule has 1 aromatic heterocycles. The summed E-state index contributed by atoms with van der Waals surface area (Å²) >= 11 is 0. The molecule has 190 valence electrons. The van der Waals surface area contributed by atoms with E-state index in [0.717, 1.165) is 25.8 Å². The predicted molar refractivity (Wildman–Crippen MR) is 129 cm³/mol. The number of benzene rings is 1. The molecular weight excluding hydrogens is 470 g/mol. The maximum atomic E-state index is 13.3. The second-order valence-corrected chi connectivity index (χ2v) is 8.77. The van der Waals surface area contributed by atoms with E-state index in [-0.39, 0.29) is 40.7 Å². The summed E-state index contributed by atoms with van der Waals surface area (Å²) in [6.45, 7) is 2.76. The Bertz CT molecular complexity index is 1250. The Morgan fingerprint density at radius 1 is 1.06 bits per heavy atom. The normalized spacial score (nSPS) is 19.1. The number of aromatic nitrogens is 2.